The molecule has 0 aromatic rings. The quantitative estimate of drug-likeness (QED) is 0.0243. The molecule has 1 amide bonds. The number of hydrogen-bond donors (Lipinski definition) is 3. The zero-order chi connectivity index (χ0) is 57.0. The number of quaternary nitrogens is 1. The van der Waals surface area contributed by atoms with Crippen LogP contribution in [0.5, 0.6) is 0 Å². The van der Waals surface area contributed by atoms with Crippen LogP contribution in [0.4, 0.5) is 0 Å². The highest BCUT2D eigenvalue weighted by atomic mass is 31.2. The van der Waals surface area contributed by atoms with E-state index in [1.54, 1.807) is 6.08 Å². The second-order valence-corrected chi connectivity index (χ2v) is 25.3. The van der Waals surface area contributed by atoms with Crippen LogP contribution in [0.25, 0.3) is 0 Å². The minimum atomic E-state index is -4.35. The number of likely N-dealkylation sites (N-methyl/N-ethyl adjacent to an activating group) is 1. The van der Waals surface area contributed by atoms with Crippen LogP contribution in [0.3, 0.4) is 0 Å². The fourth-order valence-corrected chi connectivity index (χ4v) is 10.5. The first kappa shape index (κ1) is 75.9. The zero-order valence-corrected chi connectivity index (χ0v) is 53.0. The number of aliphatic hydroxyl groups is 1. The average Bonchev–Trinajstić information content (AvgIpc) is 3.41. The number of phosphoric acid groups is 1. The molecule has 0 fully saturated rings. The summed E-state index contributed by atoms with van der Waals surface area (Å²) in [5.41, 5.74) is 0. The van der Waals surface area contributed by atoms with Crippen molar-refractivity contribution in [1.82, 2.24) is 5.32 Å². The Hall–Kier alpha value is -2.06. The Morgan fingerprint density at radius 3 is 1.13 bits per heavy atom. The first-order valence-corrected chi connectivity index (χ1v) is 34.8. The SMILES string of the molecule is CC/C=C\C/C=C\C/C=C\C/C=C\C/C=C\CCCCCCCCCCCCCCCCCCCCCCCC(=O)NC(COP(=O)(O)OCC[N+](C)(C)C)C(O)/C=C/CCCCCCCCCCCCCCCCCCC. The third kappa shape index (κ3) is 61.6. The Balaban J connectivity index is 4.00. The molecule has 0 aliphatic heterocycles. The minimum Gasteiger partial charge on any atom is -0.387 e. The molecule has 0 radical (unpaired) electrons. The van der Waals surface area contributed by atoms with E-state index >= 15 is 0 Å². The van der Waals surface area contributed by atoms with Crippen molar-refractivity contribution in [3.8, 4) is 0 Å². The first-order chi connectivity index (χ1) is 38.0. The molecule has 0 rings (SSSR count). The zero-order valence-electron chi connectivity index (χ0n) is 52.2. The standard InChI is InChI=1S/C69H129N2O6P/c1-6-8-10-12-14-16-18-20-22-24-26-27-28-29-30-31-32-33-34-35-36-37-38-39-40-41-42-43-45-47-49-51-53-55-57-59-61-63-69(73)70-67(66-77-78(74,75)76-65-64-71(3,4)5)68(72)62-60-58-56-54-52-50-48-46-44-25-23-21-19-17-15-13-11-9-7-2/h8,10,14,16,20,22,26-27,29-30,60,62,67-68,72H,6-7,9,11-13,15,17-19,21,23-25,28,31-59,61,63-66H2,1-5H3,(H-,70,73,74,75)/p+1/b10-8-,16-14-,22-20-,27-26-,30-29-,62-60+. The normalized spacial score (nSPS) is 14.2. The number of phosphoric ester groups is 1. The lowest BCUT2D eigenvalue weighted by Gasteiger charge is -2.25. The first-order valence-electron chi connectivity index (χ1n) is 33.3. The summed E-state index contributed by atoms with van der Waals surface area (Å²) in [4.78, 5) is 23.4. The summed E-state index contributed by atoms with van der Waals surface area (Å²) in [5.74, 6) is -0.173. The third-order valence-corrected chi connectivity index (χ3v) is 15.9. The van der Waals surface area contributed by atoms with Gasteiger partial charge in [-0.2, -0.15) is 0 Å². The lowest BCUT2D eigenvalue weighted by molar-refractivity contribution is -0.870. The molecule has 3 N–H and O–H groups in total. The van der Waals surface area contributed by atoms with Crippen LogP contribution in [0.1, 0.15) is 309 Å². The van der Waals surface area contributed by atoms with Gasteiger partial charge in [0.15, 0.2) is 0 Å². The van der Waals surface area contributed by atoms with Gasteiger partial charge >= 0.3 is 7.82 Å². The van der Waals surface area contributed by atoms with Gasteiger partial charge in [-0.3, -0.25) is 13.8 Å². The Morgan fingerprint density at radius 2 is 0.769 bits per heavy atom. The highest BCUT2D eigenvalue weighted by molar-refractivity contribution is 7.47. The lowest BCUT2D eigenvalue weighted by atomic mass is 10.0. The van der Waals surface area contributed by atoms with E-state index in [0.717, 1.165) is 70.6 Å². The van der Waals surface area contributed by atoms with Crippen molar-refractivity contribution in [2.45, 2.75) is 321 Å². The molecule has 0 aliphatic rings. The van der Waals surface area contributed by atoms with Crippen molar-refractivity contribution in [3.63, 3.8) is 0 Å². The van der Waals surface area contributed by atoms with E-state index in [4.69, 9.17) is 9.05 Å². The minimum absolute atomic E-state index is 0.0619. The third-order valence-electron chi connectivity index (χ3n) is 14.9. The number of aliphatic hydroxyl groups excluding tert-OH is 1. The van der Waals surface area contributed by atoms with Crippen molar-refractivity contribution < 1.29 is 32.9 Å². The topological polar surface area (TPSA) is 105 Å². The molecule has 0 bridgehead atoms. The molecule has 3 unspecified atom stereocenters. The lowest BCUT2D eigenvalue weighted by Crippen LogP contribution is -2.45. The molecule has 0 heterocycles. The van der Waals surface area contributed by atoms with E-state index in [1.165, 1.54) is 218 Å². The van der Waals surface area contributed by atoms with Gasteiger partial charge in [0.2, 0.25) is 5.91 Å². The summed E-state index contributed by atoms with van der Waals surface area (Å²) >= 11 is 0. The molecule has 9 heteroatoms. The monoisotopic (exact) mass is 1110 g/mol. The van der Waals surface area contributed by atoms with Crippen molar-refractivity contribution in [3.05, 3.63) is 72.9 Å². The van der Waals surface area contributed by atoms with E-state index in [2.05, 4.69) is 79.9 Å². The Morgan fingerprint density at radius 1 is 0.449 bits per heavy atom. The van der Waals surface area contributed by atoms with Crippen molar-refractivity contribution in [2.75, 3.05) is 40.9 Å². The van der Waals surface area contributed by atoms with Crippen molar-refractivity contribution in [1.29, 1.82) is 0 Å². The molecular weight excluding hydrogens is 984 g/mol. The van der Waals surface area contributed by atoms with Crippen LogP contribution in [0, 0.1) is 0 Å². The number of carbonyl (C=O) groups excluding carboxylic acids is 1. The van der Waals surface area contributed by atoms with Gasteiger partial charge in [-0.05, 0) is 64.2 Å². The molecule has 8 nitrogen and oxygen atoms in total. The molecule has 78 heavy (non-hydrogen) atoms. The molecule has 0 saturated heterocycles. The van der Waals surface area contributed by atoms with Crippen LogP contribution in [0.2, 0.25) is 0 Å². The maximum absolute atomic E-state index is 13.0. The fourth-order valence-electron chi connectivity index (χ4n) is 9.78. The van der Waals surface area contributed by atoms with Gasteiger partial charge in [0.1, 0.15) is 13.2 Å². The predicted octanol–water partition coefficient (Wildman–Crippen LogP) is 21.0. The number of carbonyl (C=O) groups is 1. The van der Waals surface area contributed by atoms with Crippen LogP contribution in [0.15, 0.2) is 72.9 Å². The maximum atomic E-state index is 13.0. The number of nitrogens with zero attached hydrogens (tertiary/aromatic N) is 1. The summed E-state index contributed by atoms with van der Waals surface area (Å²) < 4.78 is 23.8. The Kier molecular flexibility index (Phi) is 58.0. The number of allylic oxidation sites excluding steroid dienone is 11. The van der Waals surface area contributed by atoms with Crippen molar-refractivity contribution >= 4 is 13.7 Å². The van der Waals surface area contributed by atoms with Crippen LogP contribution in [-0.4, -0.2) is 73.4 Å². The van der Waals surface area contributed by atoms with Crippen LogP contribution < -0.4 is 5.32 Å². The van der Waals surface area contributed by atoms with E-state index in [1.807, 2.05) is 27.2 Å². The highest BCUT2D eigenvalue weighted by Gasteiger charge is 2.28. The maximum Gasteiger partial charge on any atom is 0.472 e. The Bertz CT molecular complexity index is 1500. The molecule has 0 aromatic heterocycles. The molecule has 0 spiro atoms. The summed E-state index contributed by atoms with van der Waals surface area (Å²) in [6.45, 7) is 4.74. The smallest absolute Gasteiger partial charge is 0.387 e. The Labute approximate surface area is 484 Å². The second-order valence-electron chi connectivity index (χ2n) is 23.8. The van der Waals surface area contributed by atoms with E-state index < -0.39 is 20.0 Å². The second kappa shape index (κ2) is 59.6. The summed E-state index contributed by atoms with van der Waals surface area (Å²) in [6, 6.07) is -0.848. The number of amides is 1. The van der Waals surface area contributed by atoms with E-state index in [9.17, 15) is 19.4 Å². The molecule has 3 atom stereocenters. The number of nitrogens with one attached hydrogen (secondary N) is 1. The number of hydrogen-bond acceptors (Lipinski definition) is 5. The van der Waals surface area contributed by atoms with E-state index in [0.29, 0.717) is 17.4 Å². The molecule has 456 valence electrons. The van der Waals surface area contributed by atoms with Gasteiger partial charge in [0.05, 0.1) is 39.9 Å². The van der Waals surface area contributed by atoms with Gasteiger partial charge in [0, 0.05) is 6.42 Å². The van der Waals surface area contributed by atoms with E-state index in [-0.39, 0.29) is 19.1 Å². The summed E-state index contributed by atoms with van der Waals surface area (Å²) in [7, 11) is 1.58. The summed E-state index contributed by atoms with van der Waals surface area (Å²) in [5, 5.41) is 14.0. The van der Waals surface area contributed by atoms with Gasteiger partial charge < -0.3 is 19.8 Å². The van der Waals surface area contributed by atoms with Crippen molar-refractivity contribution in [2.24, 2.45) is 0 Å². The number of rotatable bonds is 61. The average molecular weight is 1110 g/mol. The van der Waals surface area contributed by atoms with Crippen LogP contribution in [-0.2, 0) is 18.4 Å². The predicted molar refractivity (Wildman–Crippen MR) is 341 cm³/mol. The highest BCUT2D eigenvalue weighted by Crippen LogP contribution is 2.43. The molecule has 0 aromatic carbocycles. The van der Waals surface area contributed by atoms with Gasteiger partial charge in [-0.25, -0.2) is 4.57 Å². The molecule has 0 saturated carbocycles. The van der Waals surface area contributed by atoms with Crippen LogP contribution >= 0.6 is 7.82 Å². The fraction of sp³-hybridized carbons (Fsp3) is 0.812. The summed E-state index contributed by atoms with van der Waals surface area (Å²) in [6.07, 6.45) is 83.2. The number of unbranched alkanes of at least 4 members (excludes halogenated alkanes) is 38. The molecular formula is C69H130N2O6P+. The largest absolute Gasteiger partial charge is 0.472 e. The van der Waals surface area contributed by atoms with Gasteiger partial charge in [-0.15, -0.1) is 0 Å². The molecule has 0 aliphatic carbocycles. The van der Waals surface area contributed by atoms with Gasteiger partial charge in [-0.1, -0.05) is 311 Å². The van der Waals surface area contributed by atoms with Gasteiger partial charge in [0.25, 0.3) is 0 Å².